The monoisotopic (exact) mass is 398 g/mol. The minimum absolute atomic E-state index is 0.0259. The second-order valence-corrected chi connectivity index (χ2v) is 7.26. The van der Waals surface area contributed by atoms with Crippen molar-refractivity contribution in [3.05, 3.63) is 82.0 Å². The van der Waals surface area contributed by atoms with E-state index in [1.165, 1.54) is 11.8 Å². The van der Waals surface area contributed by atoms with Crippen LogP contribution in [0.1, 0.15) is 23.7 Å². The van der Waals surface area contributed by atoms with Gasteiger partial charge in [-0.3, -0.25) is 4.79 Å². The summed E-state index contributed by atoms with van der Waals surface area (Å²) >= 11 is 12.2. The first-order chi connectivity index (χ1) is 13.1. The number of hydrazone groups is 1. The Morgan fingerprint density at radius 2 is 1.93 bits per heavy atom. The minimum Gasteiger partial charge on any atom is -0.455 e. The predicted octanol–water partition coefficient (Wildman–Crippen LogP) is 5.51. The summed E-state index contributed by atoms with van der Waals surface area (Å²) in [5, 5.41) is 5.12. The van der Waals surface area contributed by atoms with Gasteiger partial charge in [0.1, 0.15) is 11.5 Å². The number of nitrogens with one attached hydrogen (secondary N) is 1. The molecule has 1 heterocycles. The van der Waals surface area contributed by atoms with Crippen LogP contribution in [0.2, 0.25) is 10.0 Å². The first-order valence-corrected chi connectivity index (χ1v) is 9.30. The Balaban J connectivity index is 1.36. The molecular weight excluding hydrogens is 383 g/mol. The van der Waals surface area contributed by atoms with Crippen molar-refractivity contribution < 1.29 is 9.21 Å². The first kappa shape index (κ1) is 17.8. The summed E-state index contributed by atoms with van der Waals surface area (Å²) in [6, 6.07) is 18.8. The highest BCUT2D eigenvalue weighted by Gasteiger charge is 2.43. The average Bonchev–Trinajstić information content (AvgIpc) is 3.36. The van der Waals surface area contributed by atoms with Crippen molar-refractivity contribution in [3.63, 3.8) is 0 Å². The van der Waals surface area contributed by atoms with E-state index >= 15 is 0 Å². The van der Waals surface area contributed by atoms with Gasteiger partial charge in [0.2, 0.25) is 5.91 Å². The van der Waals surface area contributed by atoms with E-state index in [0.717, 1.165) is 6.42 Å². The van der Waals surface area contributed by atoms with E-state index in [9.17, 15) is 4.79 Å². The van der Waals surface area contributed by atoms with Crippen LogP contribution in [0.25, 0.3) is 11.3 Å². The van der Waals surface area contributed by atoms with E-state index in [4.69, 9.17) is 27.6 Å². The maximum absolute atomic E-state index is 12.2. The fraction of sp³-hybridized carbons (Fsp3) is 0.143. The molecule has 1 aliphatic rings. The largest absolute Gasteiger partial charge is 0.455 e. The summed E-state index contributed by atoms with van der Waals surface area (Å²) in [4.78, 5) is 12.2. The van der Waals surface area contributed by atoms with Crippen molar-refractivity contribution in [2.45, 2.75) is 12.3 Å². The molecule has 0 spiro atoms. The zero-order chi connectivity index (χ0) is 18.8. The fourth-order valence-electron chi connectivity index (χ4n) is 3.05. The summed E-state index contributed by atoms with van der Waals surface area (Å²) in [5.74, 6) is 1.27. The van der Waals surface area contributed by atoms with Crippen molar-refractivity contribution in [2.24, 2.45) is 11.0 Å². The van der Waals surface area contributed by atoms with Crippen LogP contribution in [0.3, 0.4) is 0 Å². The molecule has 6 heteroatoms. The number of carbonyl (C=O) groups is 1. The molecule has 1 aliphatic carbocycles. The van der Waals surface area contributed by atoms with Crippen LogP contribution in [0, 0.1) is 5.92 Å². The number of hydrogen-bond donors (Lipinski definition) is 1. The van der Waals surface area contributed by atoms with Gasteiger partial charge < -0.3 is 4.42 Å². The molecule has 3 aromatic rings. The smallest absolute Gasteiger partial charge is 0.243 e. The van der Waals surface area contributed by atoms with Gasteiger partial charge >= 0.3 is 0 Å². The lowest BCUT2D eigenvalue weighted by Gasteiger charge is -2.01. The number of hydrogen-bond acceptors (Lipinski definition) is 3. The molecule has 4 rings (SSSR count). The number of furan rings is 1. The number of benzene rings is 2. The predicted molar refractivity (Wildman–Crippen MR) is 107 cm³/mol. The summed E-state index contributed by atoms with van der Waals surface area (Å²) in [5.41, 5.74) is 4.48. The third-order valence-electron chi connectivity index (χ3n) is 4.54. The van der Waals surface area contributed by atoms with Crippen molar-refractivity contribution in [1.29, 1.82) is 0 Å². The second-order valence-electron chi connectivity index (χ2n) is 6.42. The molecule has 0 saturated heterocycles. The van der Waals surface area contributed by atoms with E-state index in [0.29, 0.717) is 27.1 Å². The molecule has 0 radical (unpaired) electrons. The second kappa shape index (κ2) is 7.59. The normalized spacial score (nSPS) is 18.6. The quantitative estimate of drug-likeness (QED) is 0.455. The van der Waals surface area contributed by atoms with Gasteiger partial charge in [-0.25, -0.2) is 5.43 Å². The van der Waals surface area contributed by atoms with Crippen LogP contribution in [0.15, 0.2) is 70.2 Å². The Labute approximate surface area is 166 Å². The molecule has 1 aromatic heterocycles. The van der Waals surface area contributed by atoms with Gasteiger partial charge in [0.15, 0.2) is 0 Å². The zero-order valence-electron chi connectivity index (χ0n) is 14.2. The molecule has 1 saturated carbocycles. The topological polar surface area (TPSA) is 54.6 Å². The van der Waals surface area contributed by atoms with Crippen LogP contribution in [0.4, 0.5) is 0 Å². The number of nitrogens with zero attached hydrogens (tertiary/aromatic N) is 1. The van der Waals surface area contributed by atoms with E-state index < -0.39 is 0 Å². The third-order valence-corrected chi connectivity index (χ3v) is 5.11. The highest BCUT2D eigenvalue weighted by atomic mass is 35.5. The number of halogens is 2. The maximum atomic E-state index is 12.2. The van der Waals surface area contributed by atoms with Gasteiger partial charge in [0, 0.05) is 16.5 Å². The minimum atomic E-state index is -0.0789. The van der Waals surface area contributed by atoms with Crippen LogP contribution >= 0.6 is 23.2 Å². The van der Waals surface area contributed by atoms with E-state index in [1.807, 2.05) is 30.3 Å². The number of amides is 1. The lowest BCUT2D eigenvalue weighted by molar-refractivity contribution is -0.122. The van der Waals surface area contributed by atoms with Crippen LogP contribution in [0.5, 0.6) is 0 Å². The number of rotatable bonds is 5. The van der Waals surface area contributed by atoms with Gasteiger partial charge in [-0.05, 0) is 48.2 Å². The molecule has 2 aromatic carbocycles. The van der Waals surface area contributed by atoms with Crippen molar-refractivity contribution in [3.8, 4) is 11.3 Å². The van der Waals surface area contributed by atoms with E-state index in [1.54, 1.807) is 30.3 Å². The van der Waals surface area contributed by atoms with Crippen molar-refractivity contribution in [2.75, 3.05) is 0 Å². The van der Waals surface area contributed by atoms with Crippen LogP contribution in [-0.4, -0.2) is 12.1 Å². The Hall–Kier alpha value is -2.56. The Kier molecular flexibility index (Phi) is 5.01. The molecule has 2 atom stereocenters. The molecule has 1 fully saturated rings. The third kappa shape index (κ3) is 4.07. The Morgan fingerprint density at radius 1 is 1.11 bits per heavy atom. The molecule has 1 N–H and O–H groups in total. The summed E-state index contributed by atoms with van der Waals surface area (Å²) in [6.45, 7) is 0. The van der Waals surface area contributed by atoms with E-state index in [-0.39, 0.29) is 17.7 Å². The standard InChI is InChI=1S/C21H16Cl2N2O2/c22-14-6-8-19(23)18(10-14)20-9-7-15(27-20)12-24-25-21(26)17-11-16(17)13-4-2-1-3-5-13/h1-10,12,16-17H,11H2,(H,25,26)/b24-12+. The molecule has 0 aliphatic heterocycles. The highest BCUT2D eigenvalue weighted by molar-refractivity contribution is 6.35. The number of carbonyl (C=O) groups excluding carboxylic acids is 1. The molecule has 0 bridgehead atoms. The molecule has 1 amide bonds. The Bertz CT molecular complexity index is 998. The SMILES string of the molecule is O=C(N/N=C/c1ccc(-c2cc(Cl)ccc2Cl)o1)C1CC1c1ccccc1. The summed E-state index contributed by atoms with van der Waals surface area (Å²) in [7, 11) is 0. The molecule has 2 unspecified atom stereocenters. The maximum Gasteiger partial charge on any atom is 0.243 e. The van der Waals surface area contributed by atoms with Crippen LogP contribution in [-0.2, 0) is 4.79 Å². The molecule has 4 nitrogen and oxygen atoms in total. The first-order valence-electron chi connectivity index (χ1n) is 8.55. The fourth-order valence-corrected chi connectivity index (χ4v) is 3.43. The lowest BCUT2D eigenvalue weighted by Crippen LogP contribution is -2.20. The van der Waals surface area contributed by atoms with Gasteiger partial charge in [-0.1, -0.05) is 53.5 Å². The van der Waals surface area contributed by atoms with Gasteiger partial charge in [0.05, 0.1) is 11.2 Å². The summed E-state index contributed by atoms with van der Waals surface area (Å²) < 4.78 is 5.71. The van der Waals surface area contributed by atoms with Crippen molar-refractivity contribution >= 4 is 35.3 Å². The van der Waals surface area contributed by atoms with Gasteiger partial charge in [-0.2, -0.15) is 5.10 Å². The zero-order valence-corrected chi connectivity index (χ0v) is 15.7. The summed E-state index contributed by atoms with van der Waals surface area (Å²) in [6.07, 6.45) is 2.32. The average molecular weight is 399 g/mol. The van der Waals surface area contributed by atoms with Gasteiger partial charge in [0.25, 0.3) is 0 Å². The molecular formula is C21H16Cl2N2O2. The highest BCUT2D eigenvalue weighted by Crippen LogP contribution is 2.47. The lowest BCUT2D eigenvalue weighted by atomic mass is 10.1. The van der Waals surface area contributed by atoms with Gasteiger partial charge in [-0.15, -0.1) is 0 Å². The molecule has 27 heavy (non-hydrogen) atoms. The molecule has 136 valence electrons. The van der Waals surface area contributed by atoms with Crippen LogP contribution < -0.4 is 5.43 Å². The van der Waals surface area contributed by atoms with Crippen molar-refractivity contribution in [1.82, 2.24) is 5.43 Å². The Morgan fingerprint density at radius 3 is 2.74 bits per heavy atom. The van der Waals surface area contributed by atoms with E-state index in [2.05, 4.69) is 10.5 Å².